The lowest BCUT2D eigenvalue weighted by Crippen LogP contribution is -2.25. The number of ether oxygens (including phenoxy) is 2. The monoisotopic (exact) mass is 418 g/mol. The highest BCUT2D eigenvalue weighted by atomic mass is 16.5. The average Bonchev–Trinajstić information content (AvgIpc) is 3.29. The van der Waals surface area contributed by atoms with Gasteiger partial charge in [-0.15, -0.1) is 0 Å². The second-order valence-electron chi connectivity index (χ2n) is 8.17. The van der Waals surface area contributed by atoms with Crippen molar-refractivity contribution in [1.29, 1.82) is 0 Å². The standard InChI is InChI=1S/C26H30N2O3/c1-20-5-8-25(17-21(20)2)31-19-22-11-14-28(26(29)18-22)23-6-9-24(10-7-23)30-16-15-27-12-3-4-13-27/h5-11,14,17-18H,3-4,12-13,15-16,19H2,1-2H3. The van der Waals surface area contributed by atoms with Crippen molar-refractivity contribution < 1.29 is 9.47 Å². The average molecular weight is 419 g/mol. The van der Waals surface area contributed by atoms with Crippen LogP contribution in [0.2, 0.25) is 0 Å². The lowest BCUT2D eigenvalue weighted by Gasteiger charge is -2.15. The molecule has 5 heteroatoms. The minimum absolute atomic E-state index is 0.0797. The predicted octanol–water partition coefficient (Wildman–Crippen LogP) is 4.51. The molecule has 4 rings (SSSR count). The van der Waals surface area contributed by atoms with E-state index >= 15 is 0 Å². The number of benzene rings is 2. The smallest absolute Gasteiger partial charge is 0.255 e. The van der Waals surface area contributed by atoms with Gasteiger partial charge >= 0.3 is 0 Å². The van der Waals surface area contributed by atoms with Gasteiger partial charge in [0.1, 0.15) is 24.7 Å². The molecule has 0 atom stereocenters. The molecule has 0 aliphatic carbocycles. The van der Waals surface area contributed by atoms with E-state index < -0.39 is 0 Å². The van der Waals surface area contributed by atoms with Crippen LogP contribution in [-0.4, -0.2) is 35.7 Å². The van der Waals surface area contributed by atoms with Crippen molar-refractivity contribution in [2.75, 3.05) is 26.2 Å². The first kappa shape index (κ1) is 21.2. The maximum atomic E-state index is 12.6. The first-order valence-electron chi connectivity index (χ1n) is 11.0. The molecule has 5 nitrogen and oxygen atoms in total. The van der Waals surface area contributed by atoms with Crippen molar-refractivity contribution in [3.63, 3.8) is 0 Å². The second kappa shape index (κ2) is 9.84. The number of aromatic nitrogens is 1. The van der Waals surface area contributed by atoms with Gasteiger partial charge in [0.15, 0.2) is 0 Å². The normalized spacial score (nSPS) is 14.0. The molecule has 1 aliphatic rings. The molecule has 162 valence electrons. The van der Waals surface area contributed by atoms with Crippen LogP contribution in [0.15, 0.2) is 65.6 Å². The van der Waals surface area contributed by atoms with Crippen LogP contribution in [0.4, 0.5) is 0 Å². The first-order valence-corrected chi connectivity index (χ1v) is 11.0. The van der Waals surface area contributed by atoms with E-state index in [4.69, 9.17) is 9.47 Å². The summed E-state index contributed by atoms with van der Waals surface area (Å²) < 4.78 is 13.3. The summed E-state index contributed by atoms with van der Waals surface area (Å²) in [6.45, 7) is 8.51. The third kappa shape index (κ3) is 5.56. The molecule has 1 aromatic heterocycles. The Kier molecular flexibility index (Phi) is 6.73. The number of hydrogen-bond donors (Lipinski definition) is 0. The molecule has 0 saturated carbocycles. The number of likely N-dealkylation sites (tertiary alicyclic amines) is 1. The number of rotatable bonds is 8. The van der Waals surface area contributed by atoms with E-state index in [1.165, 1.54) is 37.1 Å². The Labute approximate surface area is 183 Å². The number of nitrogens with zero attached hydrogens (tertiary/aromatic N) is 2. The highest BCUT2D eigenvalue weighted by Gasteiger charge is 2.11. The predicted molar refractivity (Wildman–Crippen MR) is 123 cm³/mol. The highest BCUT2D eigenvalue weighted by molar-refractivity contribution is 5.38. The molecule has 1 aliphatic heterocycles. The molecule has 0 amide bonds. The maximum absolute atomic E-state index is 12.6. The minimum Gasteiger partial charge on any atom is -0.492 e. The molecule has 2 aromatic carbocycles. The van der Waals surface area contributed by atoms with Gasteiger partial charge in [-0.2, -0.15) is 0 Å². The third-order valence-corrected chi connectivity index (χ3v) is 5.86. The van der Waals surface area contributed by atoms with E-state index in [-0.39, 0.29) is 5.56 Å². The van der Waals surface area contributed by atoms with Crippen molar-refractivity contribution in [2.24, 2.45) is 0 Å². The lowest BCUT2D eigenvalue weighted by molar-refractivity contribution is 0.238. The van der Waals surface area contributed by atoms with E-state index in [1.54, 1.807) is 16.8 Å². The topological polar surface area (TPSA) is 43.7 Å². The van der Waals surface area contributed by atoms with E-state index in [1.807, 2.05) is 48.5 Å². The Balaban J connectivity index is 1.34. The van der Waals surface area contributed by atoms with Gasteiger partial charge in [0.25, 0.3) is 5.56 Å². The molecule has 0 radical (unpaired) electrons. The van der Waals surface area contributed by atoms with E-state index in [0.717, 1.165) is 29.3 Å². The largest absolute Gasteiger partial charge is 0.492 e. The zero-order chi connectivity index (χ0) is 21.6. The van der Waals surface area contributed by atoms with Crippen LogP contribution in [0.25, 0.3) is 5.69 Å². The summed E-state index contributed by atoms with van der Waals surface area (Å²) in [5.74, 6) is 1.64. The fraction of sp³-hybridized carbons (Fsp3) is 0.346. The Hall–Kier alpha value is -3.05. The Bertz CT molecular complexity index is 1070. The zero-order valence-electron chi connectivity index (χ0n) is 18.3. The van der Waals surface area contributed by atoms with Gasteiger partial charge in [0, 0.05) is 24.5 Å². The summed E-state index contributed by atoms with van der Waals surface area (Å²) in [6, 6.07) is 17.2. The van der Waals surface area contributed by atoms with Gasteiger partial charge in [0.2, 0.25) is 0 Å². The fourth-order valence-electron chi connectivity index (χ4n) is 3.80. The van der Waals surface area contributed by atoms with E-state index in [9.17, 15) is 4.79 Å². The summed E-state index contributed by atoms with van der Waals surface area (Å²) in [6.07, 6.45) is 4.38. The van der Waals surface area contributed by atoms with Crippen molar-refractivity contribution in [3.8, 4) is 17.2 Å². The fourth-order valence-corrected chi connectivity index (χ4v) is 3.80. The zero-order valence-corrected chi connectivity index (χ0v) is 18.3. The number of pyridine rings is 1. The molecule has 3 aromatic rings. The van der Waals surface area contributed by atoms with Gasteiger partial charge < -0.3 is 9.47 Å². The number of aryl methyl sites for hydroxylation is 2. The van der Waals surface area contributed by atoms with Gasteiger partial charge in [0.05, 0.1) is 0 Å². The van der Waals surface area contributed by atoms with Gasteiger partial charge in [-0.25, -0.2) is 0 Å². The molecule has 2 heterocycles. The molecular formula is C26H30N2O3. The van der Waals surface area contributed by atoms with Crippen LogP contribution in [-0.2, 0) is 6.61 Å². The highest BCUT2D eigenvalue weighted by Crippen LogP contribution is 2.18. The van der Waals surface area contributed by atoms with Gasteiger partial charge in [-0.1, -0.05) is 6.07 Å². The maximum Gasteiger partial charge on any atom is 0.255 e. The Morgan fingerprint density at radius 1 is 0.839 bits per heavy atom. The van der Waals surface area contributed by atoms with Crippen LogP contribution in [0.5, 0.6) is 11.5 Å². The molecule has 0 unspecified atom stereocenters. The quantitative estimate of drug-likeness (QED) is 0.540. The molecule has 1 fully saturated rings. The van der Waals surface area contributed by atoms with Crippen LogP contribution in [0.3, 0.4) is 0 Å². The SMILES string of the molecule is Cc1ccc(OCc2ccn(-c3ccc(OCCN4CCCC4)cc3)c(=O)c2)cc1C. The van der Waals surface area contributed by atoms with Gasteiger partial charge in [-0.3, -0.25) is 14.3 Å². The molecule has 0 bridgehead atoms. The minimum atomic E-state index is -0.0797. The molecule has 31 heavy (non-hydrogen) atoms. The summed E-state index contributed by atoms with van der Waals surface area (Å²) in [5, 5.41) is 0. The summed E-state index contributed by atoms with van der Waals surface area (Å²) >= 11 is 0. The van der Waals surface area contributed by atoms with Crippen LogP contribution in [0.1, 0.15) is 29.5 Å². The molecule has 0 spiro atoms. The van der Waals surface area contributed by atoms with E-state index in [0.29, 0.717) is 13.2 Å². The van der Waals surface area contributed by atoms with Crippen molar-refractivity contribution in [3.05, 3.63) is 87.8 Å². The van der Waals surface area contributed by atoms with E-state index in [2.05, 4.69) is 18.7 Å². The van der Waals surface area contributed by atoms with Crippen LogP contribution < -0.4 is 15.0 Å². The molecular weight excluding hydrogens is 388 g/mol. The van der Waals surface area contributed by atoms with Crippen LogP contribution in [0, 0.1) is 13.8 Å². The van der Waals surface area contributed by atoms with Gasteiger partial charge in [-0.05, 0) is 98.9 Å². The lowest BCUT2D eigenvalue weighted by atomic mass is 10.1. The summed E-state index contributed by atoms with van der Waals surface area (Å²) in [4.78, 5) is 15.1. The Morgan fingerprint density at radius 2 is 1.58 bits per heavy atom. The third-order valence-electron chi connectivity index (χ3n) is 5.86. The van der Waals surface area contributed by atoms with Crippen molar-refractivity contribution in [2.45, 2.75) is 33.3 Å². The van der Waals surface area contributed by atoms with Crippen molar-refractivity contribution in [1.82, 2.24) is 9.47 Å². The summed E-state index contributed by atoms with van der Waals surface area (Å²) in [5.41, 5.74) is 4.01. The first-order chi connectivity index (χ1) is 15.1. The second-order valence-corrected chi connectivity index (χ2v) is 8.17. The molecule has 1 saturated heterocycles. The molecule has 0 N–H and O–H groups in total. The summed E-state index contributed by atoms with van der Waals surface area (Å²) in [7, 11) is 0. The van der Waals surface area contributed by atoms with Crippen LogP contribution >= 0.6 is 0 Å². The Morgan fingerprint density at radius 3 is 2.29 bits per heavy atom. The van der Waals surface area contributed by atoms with Crippen molar-refractivity contribution >= 4 is 0 Å². The number of hydrogen-bond acceptors (Lipinski definition) is 4.